The molecular formula is C18H18N4O3. The SMILES string of the molecule is CCOc1ccccc1C1C2(C#N)C(N)=NC3(OCC(C)O3)C12C#N. The van der Waals surface area contributed by atoms with Crippen LogP contribution in [0.2, 0.25) is 0 Å². The maximum absolute atomic E-state index is 10.1. The van der Waals surface area contributed by atoms with Crippen molar-refractivity contribution in [2.75, 3.05) is 13.2 Å². The Bertz CT molecular complexity index is 857. The Morgan fingerprint density at radius 3 is 2.72 bits per heavy atom. The first-order chi connectivity index (χ1) is 12.0. The molecule has 1 aromatic carbocycles. The molecule has 1 saturated carbocycles. The first kappa shape index (κ1) is 15.9. The molecule has 0 aromatic heterocycles. The molecule has 3 aliphatic rings. The highest BCUT2D eigenvalue weighted by molar-refractivity contribution is 6.00. The summed E-state index contributed by atoms with van der Waals surface area (Å²) in [7, 11) is 0. The van der Waals surface area contributed by atoms with Gasteiger partial charge in [-0.15, -0.1) is 0 Å². The average molecular weight is 338 g/mol. The minimum atomic E-state index is -1.54. The van der Waals surface area contributed by atoms with E-state index >= 15 is 0 Å². The number of nitriles is 2. The third-order valence-corrected chi connectivity index (χ3v) is 5.33. The molecule has 0 radical (unpaired) electrons. The molecule has 5 atom stereocenters. The van der Waals surface area contributed by atoms with Crippen molar-refractivity contribution in [1.82, 2.24) is 0 Å². The van der Waals surface area contributed by atoms with Gasteiger partial charge in [0.1, 0.15) is 17.0 Å². The van der Waals surface area contributed by atoms with Gasteiger partial charge in [0.05, 0.1) is 31.5 Å². The summed E-state index contributed by atoms with van der Waals surface area (Å²) in [5.74, 6) is -1.35. The van der Waals surface area contributed by atoms with Crippen LogP contribution in [0.25, 0.3) is 0 Å². The number of fused-ring (bicyclic) bond motifs is 2. The Morgan fingerprint density at radius 1 is 1.36 bits per heavy atom. The number of nitrogens with two attached hydrogens (primary N) is 1. The quantitative estimate of drug-likeness (QED) is 0.896. The van der Waals surface area contributed by atoms with Crippen LogP contribution < -0.4 is 10.5 Å². The van der Waals surface area contributed by atoms with Crippen molar-refractivity contribution in [1.29, 1.82) is 10.5 Å². The van der Waals surface area contributed by atoms with Crippen molar-refractivity contribution < 1.29 is 14.2 Å². The monoisotopic (exact) mass is 338 g/mol. The molecule has 2 N–H and O–H groups in total. The molecule has 128 valence electrons. The van der Waals surface area contributed by atoms with E-state index in [0.717, 1.165) is 5.56 Å². The van der Waals surface area contributed by atoms with Crippen molar-refractivity contribution in [3.8, 4) is 17.9 Å². The van der Waals surface area contributed by atoms with E-state index in [4.69, 9.17) is 19.9 Å². The number of ether oxygens (including phenoxy) is 3. The summed E-state index contributed by atoms with van der Waals surface area (Å²) in [5.41, 5.74) is 4.30. The summed E-state index contributed by atoms with van der Waals surface area (Å²) >= 11 is 0. The van der Waals surface area contributed by atoms with Crippen LogP contribution in [0.1, 0.15) is 25.3 Å². The van der Waals surface area contributed by atoms with Crippen molar-refractivity contribution in [3.63, 3.8) is 0 Å². The largest absolute Gasteiger partial charge is 0.494 e. The van der Waals surface area contributed by atoms with Crippen LogP contribution in [-0.2, 0) is 9.47 Å². The van der Waals surface area contributed by atoms with Gasteiger partial charge in [0.25, 0.3) is 5.91 Å². The maximum Gasteiger partial charge on any atom is 0.293 e. The number of rotatable bonds is 3. The molecule has 5 unspecified atom stereocenters. The van der Waals surface area contributed by atoms with Crippen molar-refractivity contribution in [2.45, 2.75) is 31.8 Å². The van der Waals surface area contributed by atoms with Crippen molar-refractivity contribution in [3.05, 3.63) is 29.8 Å². The Balaban J connectivity index is 1.91. The van der Waals surface area contributed by atoms with E-state index < -0.39 is 22.7 Å². The number of nitrogens with zero attached hydrogens (tertiary/aromatic N) is 3. The number of hydrogen-bond acceptors (Lipinski definition) is 7. The third kappa shape index (κ3) is 1.58. The molecule has 0 amide bonds. The predicted octanol–water partition coefficient (Wildman–Crippen LogP) is 1.66. The first-order valence-electron chi connectivity index (χ1n) is 8.24. The number of aliphatic imine (C=N–C) groups is 1. The van der Waals surface area contributed by atoms with Gasteiger partial charge in [-0.3, -0.25) is 0 Å². The predicted molar refractivity (Wildman–Crippen MR) is 87.3 cm³/mol. The van der Waals surface area contributed by atoms with E-state index in [0.29, 0.717) is 19.0 Å². The Labute approximate surface area is 145 Å². The van der Waals surface area contributed by atoms with Crippen LogP contribution in [0.4, 0.5) is 0 Å². The molecule has 7 heteroatoms. The van der Waals surface area contributed by atoms with E-state index in [2.05, 4.69) is 17.1 Å². The lowest BCUT2D eigenvalue weighted by Gasteiger charge is -2.26. The highest BCUT2D eigenvalue weighted by Crippen LogP contribution is 2.83. The van der Waals surface area contributed by atoms with E-state index in [-0.39, 0.29) is 11.9 Å². The first-order valence-corrected chi connectivity index (χ1v) is 8.24. The second-order valence-electron chi connectivity index (χ2n) is 6.56. The normalized spacial score (nSPS) is 40.9. The topological polar surface area (TPSA) is 114 Å². The second kappa shape index (κ2) is 4.95. The second-order valence-corrected chi connectivity index (χ2v) is 6.56. The minimum absolute atomic E-state index is 0.0851. The fourth-order valence-electron chi connectivity index (χ4n) is 4.33. The van der Waals surface area contributed by atoms with Gasteiger partial charge in [-0.2, -0.15) is 10.5 Å². The molecule has 1 aliphatic carbocycles. The van der Waals surface area contributed by atoms with Crippen LogP contribution in [0, 0.1) is 33.5 Å². The minimum Gasteiger partial charge on any atom is -0.494 e. The summed E-state index contributed by atoms with van der Waals surface area (Å²) in [6.07, 6.45) is -0.236. The Kier molecular flexibility index (Phi) is 3.15. The fraction of sp³-hybridized carbons (Fsp3) is 0.500. The Hall–Kier alpha value is -2.61. The molecule has 2 aliphatic heterocycles. The van der Waals surface area contributed by atoms with Gasteiger partial charge in [-0.25, -0.2) is 4.99 Å². The maximum atomic E-state index is 10.1. The third-order valence-electron chi connectivity index (χ3n) is 5.33. The molecule has 7 nitrogen and oxygen atoms in total. The van der Waals surface area contributed by atoms with Crippen LogP contribution in [0.5, 0.6) is 5.75 Å². The van der Waals surface area contributed by atoms with E-state index in [1.807, 2.05) is 38.1 Å². The molecular weight excluding hydrogens is 320 g/mol. The lowest BCUT2D eigenvalue weighted by atomic mass is 9.93. The van der Waals surface area contributed by atoms with E-state index in [1.54, 1.807) is 0 Å². The highest BCUT2D eigenvalue weighted by Gasteiger charge is 2.94. The number of para-hydroxylation sites is 1. The van der Waals surface area contributed by atoms with Gasteiger partial charge in [-0.1, -0.05) is 18.2 Å². The molecule has 4 rings (SSSR count). The molecule has 0 bridgehead atoms. The standard InChI is InChI=1S/C18H18N4O3/c1-3-23-13-7-5-4-6-12(13)14-16(9-19)15(21)22-18(17(14,16)10-20)24-8-11(2)25-18/h4-7,11,14H,3,8H2,1-2H3,(H2,21,22). The molecule has 1 aromatic rings. The molecule has 1 saturated heterocycles. The summed E-state index contributed by atoms with van der Waals surface area (Å²) < 4.78 is 17.4. The number of amidine groups is 1. The van der Waals surface area contributed by atoms with Gasteiger partial charge < -0.3 is 19.9 Å². The summed E-state index contributed by atoms with van der Waals surface area (Å²) in [5, 5.41) is 20.1. The highest BCUT2D eigenvalue weighted by atomic mass is 16.8. The zero-order chi connectivity index (χ0) is 17.9. The zero-order valence-electron chi connectivity index (χ0n) is 14.0. The van der Waals surface area contributed by atoms with Gasteiger partial charge in [-0.05, 0) is 19.9 Å². The van der Waals surface area contributed by atoms with Gasteiger partial charge in [0.15, 0.2) is 5.41 Å². The zero-order valence-corrected chi connectivity index (χ0v) is 14.0. The number of benzene rings is 1. The summed E-state index contributed by atoms with van der Waals surface area (Å²) in [6, 6.07) is 11.9. The molecule has 2 fully saturated rings. The number of hydrogen-bond donors (Lipinski definition) is 1. The molecule has 1 spiro atoms. The van der Waals surface area contributed by atoms with Crippen LogP contribution in [0.3, 0.4) is 0 Å². The summed E-state index contributed by atoms with van der Waals surface area (Å²) in [4.78, 5) is 4.30. The van der Waals surface area contributed by atoms with Crippen LogP contribution in [0.15, 0.2) is 29.3 Å². The van der Waals surface area contributed by atoms with Gasteiger partial charge in [0.2, 0.25) is 0 Å². The van der Waals surface area contributed by atoms with Gasteiger partial charge in [0, 0.05) is 11.5 Å². The van der Waals surface area contributed by atoms with Crippen LogP contribution >= 0.6 is 0 Å². The molecule has 2 heterocycles. The fourth-order valence-corrected chi connectivity index (χ4v) is 4.33. The smallest absolute Gasteiger partial charge is 0.293 e. The lowest BCUT2D eigenvalue weighted by Crippen LogP contribution is -2.39. The van der Waals surface area contributed by atoms with E-state index in [1.165, 1.54) is 0 Å². The van der Waals surface area contributed by atoms with Crippen LogP contribution in [-0.4, -0.2) is 31.1 Å². The summed E-state index contributed by atoms with van der Waals surface area (Å²) in [6.45, 7) is 4.49. The van der Waals surface area contributed by atoms with Gasteiger partial charge >= 0.3 is 0 Å². The molecule has 25 heavy (non-hydrogen) atoms. The van der Waals surface area contributed by atoms with Crippen molar-refractivity contribution >= 4 is 5.84 Å². The Morgan fingerprint density at radius 2 is 2.12 bits per heavy atom. The average Bonchev–Trinajstić information content (AvgIpc) is 2.99. The van der Waals surface area contributed by atoms with E-state index in [9.17, 15) is 10.5 Å². The van der Waals surface area contributed by atoms with Crippen molar-refractivity contribution in [2.24, 2.45) is 21.6 Å². The lowest BCUT2D eigenvalue weighted by molar-refractivity contribution is -0.193.